The minimum atomic E-state index is -0.940. The van der Waals surface area contributed by atoms with Gasteiger partial charge in [-0.15, -0.1) is 22.7 Å². The lowest BCUT2D eigenvalue weighted by molar-refractivity contribution is 0.0265. The van der Waals surface area contributed by atoms with Crippen molar-refractivity contribution in [1.29, 1.82) is 0 Å². The van der Waals surface area contributed by atoms with Crippen molar-refractivity contribution < 1.29 is 14.6 Å². The van der Waals surface area contributed by atoms with Crippen LogP contribution in [0.2, 0.25) is 0 Å². The van der Waals surface area contributed by atoms with Crippen molar-refractivity contribution in [2.24, 2.45) is 0 Å². The van der Waals surface area contributed by atoms with Gasteiger partial charge < -0.3 is 15.2 Å². The van der Waals surface area contributed by atoms with E-state index in [9.17, 15) is 9.90 Å². The highest BCUT2D eigenvalue weighted by molar-refractivity contribution is 7.22. The summed E-state index contributed by atoms with van der Waals surface area (Å²) in [5.74, 6) is -0.187. The number of nitrogens with zero attached hydrogens (tertiary/aromatic N) is 1. The van der Waals surface area contributed by atoms with E-state index in [2.05, 4.69) is 10.3 Å². The second kappa shape index (κ2) is 5.84. The Morgan fingerprint density at radius 3 is 3.14 bits per heavy atom. The largest absolute Gasteiger partial charge is 0.386 e. The first-order chi connectivity index (χ1) is 10.1. The topological polar surface area (TPSA) is 71.5 Å². The molecule has 1 aliphatic rings. The summed E-state index contributed by atoms with van der Waals surface area (Å²) in [4.78, 5) is 18.4. The fraction of sp³-hybridized carbons (Fsp3) is 0.429. The van der Waals surface area contributed by atoms with Gasteiger partial charge in [0.15, 0.2) is 0 Å². The Morgan fingerprint density at radius 2 is 2.48 bits per heavy atom. The summed E-state index contributed by atoms with van der Waals surface area (Å²) in [7, 11) is 0. The van der Waals surface area contributed by atoms with Crippen molar-refractivity contribution >= 4 is 28.6 Å². The van der Waals surface area contributed by atoms with Crippen molar-refractivity contribution in [3.63, 3.8) is 0 Å². The summed E-state index contributed by atoms with van der Waals surface area (Å²) in [6.45, 7) is 2.84. The van der Waals surface area contributed by atoms with Crippen molar-refractivity contribution in [3.8, 4) is 9.88 Å². The molecule has 1 amide bonds. The highest BCUT2D eigenvalue weighted by atomic mass is 32.1. The van der Waals surface area contributed by atoms with Crippen LogP contribution in [-0.4, -0.2) is 41.4 Å². The zero-order valence-electron chi connectivity index (χ0n) is 11.6. The molecule has 21 heavy (non-hydrogen) atoms. The van der Waals surface area contributed by atoms with Gasteiger partial charge in [-0.3, -0.25) is 4.79 Å². The molecule has 2 aromatic rings. The molecule has 3 rings (SSSR count). The summed E-state index contributed by atoms with van der Waals surface area (Å²) < 4.78 is 5.17. The van der Waals surface area contributed by atoms with Crippen LogP contribution in [0.25, 0.3) is 9.88 Å². The number of hydrogen-bond acceptors (Lipinski definition) is 6. The van der Waals surface area contributed by atoms with Crippen LogP contribution in [0.5, 0.6) is 0 Å². The quantitative estimate of drug-likeness (QED) is 0.903. The second-order valence-corrected chi connectivity index (χ2v) is 7.07. The van der Waals surface area contributed by atoms with E-state index in [-0.39, 0.29) is 19.1 Å². The molecule has 2 aromatic heterocycles. The number of rotatable bonds is 4. The highest BCUT2D eigenvalue weighted by Crippen LogP contribution is 2.31. The molecule has 1 aliphatic heterocycles. The van der Waals surface area contributed by atoms with E-state index in [0.717, 1.165) is 15.6 Å². The summed E-state index contributed by atoms with van der Waals surface area (Å²) in [5.41, 5.74) is -0.222. The molecule has 0 bridgehead atoms. The smallest absolute Gasteiger partial charge is 0.263 e. The summed E-state index contributed by atoms with van der Waals surface area (Å²) >= 11 is 2.98. The Labute approximate surface area is 130 Å². The van der Waals surface area contributed by atoms with Crippen LogP contribution in [0.1, 0.15) is 21.8 Å². The number of thiazole rings is 1. The number of nitrogens with one attached hydrogen (secondary N) is 1. The lowest BCUT2D eigenvalue weighted by Crippen LogP contribution is -2.43. The number of ether oxygens (including phenoxy) is 1. The van der Waals surface area contributed by atoms with Gasteiger partial charge in [0, 0.05) is 19.6 Å². The van der Waals surface area contributed by atoms with E-state index in [1.807, 2.05) is 24.4 Å². The van der Waals surface area contributed by atoms with E-state index in [4.69, 9.17) is 4.74 Å². The minimum Gasteiger partial charge on any atom is -0.386 e. The third-order valence-corrected chi connectivity index (χ3v) is 5.59. The third-order valence-electron chi connectivity index (χ3n) is 3.40. The fourth-order valence-electron chi connectivity index (χ4n) is 2.17. The van der Waals surface area contributed by atoms with Crippen molar-refractivity contribution in [2.75, 3.05) is 19.8 Å². The Bertz CT molecular complexity index is 631. The normalized spacial score (nSPS) is 21.6. The number of aromatic nitrogens is 1. The van der Waals surface area contributed by atoms with Gasteiger partial charge in [0.05, 0.1) is 17.2 Å². The van der Waals surface area contributed by atoms with Crippen LogP contribution in [0.3, 0.4) is 0 Å². The average molecular weight is 324 g/mol. The Kier molecular flexibility index (Phi) is 4.08. The van der Waals surface area contributed by atoms with Gasteiger partial charge in [-0.25, -0.2) is 4.98 Å². The Balaban J connectivity index is 1.70. The molecule has 3 heterocycles. The van der Waals surface area contributed by atoms with Crippen molar-refractivity contribution in [2.45, 2.75) is 18.9 Å². The predicted molar refractivity (Wildman–Crippen MR) is 82.9 cm³/mol. The first-order valence-corrected chi connectivity index (χ1v) is 8.37. The Hall–Kier alpha value is -1.28. The van der Waals surface area contributed by atoms with Gasteiger partial charge in [-0.05, 0) is 18.4 Å². The number of carbonyl (C=O) groups is 1. The standard InChI is InChI=1S/C14H16N2O3S2/c1-9-11(21-13(16-9)10-3-2-6-20-10)12(17)15-7-14(18)4-5-19-8-14/h2-3,6,18H,4-5,7-8H2,1H3,(H,15,17). The van der Waals surface area contributed by atoms with Crippen LogP contribution < -0.4 is 5.32 Å². The maximum Gasteiger partial charge on any atom is 0.263 e. The lowest BCUT2D eigenvalue weighted by Gasteiger charge is -2.20. The van der Waals surface area contributed by atoms with E-state index in [0.29, 0.717) is 17.9 Å². The van der Waals surface area contributed by atoms with Crippen LogP contribution in [-0.2, 0) is 4.74 Å². The summed E-state index contributed by atoms with van der Waals surface area (Å²) in [5, 5.41) is 15.8. The first-order valence-electron chi connectivity index (χ1n) is 6.67. The van der Waals surface area contributed by atoms with Crippen LogP contribution in [0.4, 0.5) is 0 Å². The van der Waals surface area contributed by atoms with Gasteiger partial charge in [0.1, 0.15) is 15.5 Å². The summed E-state index contributed by atoms with van der Waals surface area (Å²) in [6.07, 6.45) is 0.551. The van der Waals surface area contributed by atoms with Gasteiger partial charge in [0.25, 0.3) is 5.91 Å². The number of aryl methyl sites for hydroxylation is 1. The van der Waals surface area contributed by atoms with Gasteiger partial charge >= 0.3 is 0 Å². The first kappa shape index (κ1) is 14.6. The van der Waals surface area contributed by atoms with Gasteiger partial charge in [0.2, 0.25) is 0 Å². The number of hydrogen-bond donors (Lipinski definition) is 2. The molecule has 0 spiro atoms. The number of carbonyl (C=O) groups excluding carboxylic acids is 1. The van der Waals surface area contributed by atoms with E-state index in [1.165, 1.54) is 11.3 Å². The molecule has 1 saturated heterocycles. The van der Waals surface area contributed by atoms with Crippen LogP contribution in [0.15, 0.2) is 17.5 Å². The van der Waals surface area contributed by atoms with E-state index < -0.39 is 5.60 Å². The second-order valence-electron chi connectivity index (χ2n) is 5.12. The van der Waals surface area contributed by atoms with Crippen molar-refractivity contribution in [1.82, 2.24) is 10.3 Å². The SMILES string of the molecule is Cc1nc(-c2cccs2)sc1C(=O)NCC1(O)CCOC1. The molecule has 1 atom stereocenters. The maximum atomic E-state index is 12.3. The van der Waals surface area contributed by atoms with Crippen molar-refractivity contribution in [3.05, 3.63) is 28.1 Å². The monoisotopic (exact) mass is 324 g/mol. The average Bonchev–Trinajstić information content (AvgIpc) is 3.16. The molecule has 0 aromatic carbocycles. The molecule has 0 saturated carbocycles. The number of aliphatic hydroxyl groups is 1. The number of thiophene rings is 1. The van der Waals surface area contributed by atoms with Gasteiger partial charge in [-0.1, -0.05) is 6.07 Å². The predicted octanol–water partition coefficient (Wildman–Crippen LogP) is 2.06. The third kappa shape index (κ3) is 3.16. The number of amides is 1. The molecule has 112 valence electrons. The molecule has 1 unspecified atom stereocenters. The maximum absolute atomic E-state index is 12.3. The zero-order chi connectivity index (χ0) is 14.9. The van der Waals surface area contributed by atoms with E-state index in [1.54, 1.807) is 11.3 Å². The fourth-order valence-corrected chi connectivity index (χ4v) is 3.95. The highest BCUT2D eigenvalue weighted by Gasteiger charge is 2.33. The van der Waals surface area contributed by atoms with Crippen LogP contribution in [0, 0.1) is 6.92 Å². The zero-order valence-corrected chi connectivity index (χ0v) is 13.2. The molecule has 1 fully saturated rings. The van der Waals surface area contributed by atoms with Crippen LogP contribution >= 0.6 is 22.7 Å². The Morgan fingerprint density at radius 1 is 1.62 bits per heavy atom. The molecule has 2 N–H and O–H groups in total. The molecule has 5 nitrogen and oxygen atoms in total. The molecular weight excluding hydrogens is 308 g/mol. The molecule has 7 heteroatoms. The lowest BCUT2D eigenvalue weighted by atomic mass is 10.0. The molecule has 0 radical (unpaired) electrons. The minimum absolute atomic E-state index is 0.187. The molecule has 0 aliphatic carbocycles. The summed E-state index contributed by atoms with van der Waals surface area (Å²) in [6, 6.07) is 3.95. The molecular formula is C14H16N2O3S2. The van der Waals surface area contributed by atoms with Gasteiger partial charge in [-0.2, -0.15) is 0 Å². The van der Waals surface area contributed by atoms with E-state index >= 15 is 0 Å².